The summed E-state index contributed by atoms with van der Waals surface area (Å²) >= 11 is 0. The van der Waals surface area contributed by atoms with Crippen molar-refractivity contribution < 1.29 is 14.5 Å². The topological polar surface area (TPSA) is 72.7 Å². The molecule has 120 valence electrons. The van der Waals surface area contributed by atoms with Crippen LogP contribution in [0.4, 0.5) is 5.69 Å². The summed E-state index contributed by atoms with van der Waals surface area (Å²) in [6, 6.07) is 6.01. The van der Waals surface area contributed by atoms with Gasteiger partial charge in [0.1, 0.15) is 6.61 Å². The molecular weight excluding hydrogens is 284 g/mol. The van der Waals surface area contributed by atoms with Crippen molar-refractivity contribution in [2.24, 2.45) is 0 Å². The van der Waals surface area contributed by atoms with Gasteiger partial charge in [-0.3, -0.25) is 15.0 Å². The molecule has 1 fully saturated rings. The summed E-state index contributed by atoms with van der Waals surface area (Å²) in [6.45, 7) is 4.35. The van der Waals surface area contributed by atoms with Crippen LogP contribution in [0.25, 0.3) is 0 Å². The Morgan fingerprint density at radius 2 is 2.05 bits per heavy atom. The van der Waals surface area contributed by atoms with Gasteiger partial charge < -0.3 is 4.74 Å². The number of ether oxygens (including phenoxy) is 1. The Morgan fingerprint density at radius 3 is 2.73 bits per heavy atom. The van der Waals surface area contributed by atoms with Crippen molar-refractivity contribution in [2.45, 2.75) is 38.6 Å². The molecular formula is C16H22N2O4. The second-order valence-electron chi connectivity index (χ2n) is 5.67. The van der Waals surface area contributed by atoms with Crippen molar-refractivity contribution in [1.29, 1.82) is 0 Å². The van der Waals surface area contributed by atoms with Crippen LogP contribution in [-0.4, -0.2) is 41.5 Å². The molecule has 6 heteroatoms. The highest BCUT2D eigenvalue weighted by atomic mass is 16.6. The van der Waals surface area contributed by atoms with Gasteiger partial charge in [-0.25, -0.2) is 4.79 Å². The standard InChI is InChI=1S/C16H22N2O4/c1-13-5-3-2-4-10-17(13)11-12-22-16(19)14-6-8-15(9-7-14)18(20)21/h6-9,13H,2-5,10-12H2,1H3. The van der Waals surface area contributed by atoms with Crippen LogP contribution in [0, 0.1) is 10.1 Å². The minimum atomic E-state index is -0.490. The van der Waals surface area contributed by atoms with Crippen LogP contribution in [0.5, 0.6) is 0 Å². The maximum absolute atomic E-state index is 11.9. The van der Waals surface area contributed by atoms with Gasteiger partial charge in [-0.15, -0.1) is 0 Å². The van der Waals surface area contributed by atoms with E-state index in [9.17, 15) is 14.9 Å². The smallest absolute Gasteiger partial charge is 0.338 e. The van der Waals surface area contributed by atoms with E-state index in [0.29, 0.717) is 18.2 Å². The highest BCUT2D eigenvalue weighted by Gasteiger charge is 2.17. The quantitative estimate of drug-likeness (QED) is 0.475. The van der Waals surface area contributed by atoms with Gasteiger partial charge in [0.25, 0.3) is 5.69 Å². The number of nitro groups is 1. The van der Waals surface area contributed by atoms with Crippen LogP contribution in [0.15, 0.2) is 24.3 Å². The summed E-state index contributed by atoms with van der Waals surface area (Å²) in [7, 11) is 0. The lowest BCUT2D eigenvalue weighted by Gasteiger charge is -2.26. The van der Waals surface area contributed by atoms with Gasteiger partial charge in [0, 0.05) is 24.7 Å². The first-order valence-electron chi connectivity index (χ1n) is 7.73. The van der Waals surface area contributed by atoms with E-state index in [1.165, 1.54) is 49.9 Å². The molecule has 0 N–H and O–H groups in total. The number of benzene rings is 1. The molecule has 0 spiro atoms. The molecule has 2 rings (SSSR count). The first-order chi connectivity index (χ1) is 10.6. The molecule has 1 unspecified atom stereocenters. The zero-order valence-corrected chi connectivity index (χ0v) is 12.9. The molecule has 1 atom stereocenters. The number of esters is 1. The Labute approximate surface area is 130 Å². The SMILES string of the molecule is CC1CCCCCN1CCOC(=O)c1ccc([N+](=O)[O-])cc1. The highest BCUT2D eigenvalue weighted by molar-refractivity contribution is 5.89. The van der Waals surface area contributed by atoms with E-state index < -0.39 is 10.9 Å². The summed E-state index contributed by atoms with van der Waals surface area (Å²) in [5.74, 6) is -0.433. The van der Waals surface area contributed by atoms with Crippen molar-refractivity contribution in [2.75, 3.05) is 19.7 Å². The summed E-state index contributed by atoms with van der Waals surface area (Å²) < 4.78 is 5.27. The van der Waals surface area contributed by atoms with E-state index in [0.717, 1.165) is 13.1 Å². The van der Waals surface area contributed by atoms with E-state index in [1.54, 1.807) is 0 Å². The lowest BCUT2D eigenvalue weighted by molar-refractivity contribution is -0.384. The first kappa shape index (κ1) is 16.4. The van der Waals surface area contributed by atoms with Crippen LogP contribution >= 0.6 is 0 Å². The third kappa shape index (κ3) is 4.53. The van der Waals surface area contributed by atoms with Crippen LogP contribution in [-0.2, 0) is 4.74 Å². The summed E-state index contributed by atoms with van der Waals surface area (Å²) in [5.41, 5.74) is 0.310. The highest BCUT2D eigenvalue weighted by Crippen LogP contribution is 2.16. The van der Waals surface area contributed by atoms with Crippen molar-refractivity contribution in [3.8, 4) is 0 Å². The Hall–Kier alpha value is -1.95. The largest absolute Gasteiger partial charge is 0.461 e. The first-order valence-corrected chi connectivity index (χ1v) is 7.73. The monoisotopic (exact) mass is 306 g/mol. The van der Waals surface area contributed by atoms with Crippen molar-refractivity contribution in [3.63, 3.8) is 0 Å². The molecule has 6 nitrogen and oxygen atoms in total. The lowest BCUT2D eigenvalue weighted by atomic mass is 10.1. The number of likely N-dealkylation sites (tertiary alicyclic amines) is 1. The average molecular weight is 306 g/mol. The summed E-state index contributed by atoms with van der Waals surface area (Å²) in [6.07, 6.45) is 4.92. The van der Waals surface area contributed by atoms with Crippen LogP contribution in [0.2, 0.25) is 0 Å². The molecule has 0 radical (unpaired) electrons. The van der Waals surface area contributed by atoms with Gasteiger partial charge in [0.2, 0.25) is 0 Å². The zero-order chi connectivity index (χ0) is 15.9. The van der Waals surface area contributed by atoms with E-state index >= 15 is 0 Å². The van der Waals surface area contributed by atoms with Crippen LogP contribution in [0.3, 0.4) is 0 Å². The third-order valence-electron chi connectivity index (χ3n) is 4.12. The van der Waals surface area contributed by atoms with Gasteiger partial charge in [0.15, 0.2) is 0 Å². The Balaban J connectivity index is 1.80. The predicted molar refractivity (Wildman–Crippen MR) is 82.9 cm³/mol. The molecule has 0 saturated carbocycles. The Morgan fingerprint density at radius 1 is 1.32 bits per heavy atom. The van der Waals surface area contributed by atoms with E-state index in [1.807, 2.05) is 0 Å². The maximum atomic E-state index is 11.9. The minimum Gasteiger partial charge on any atom is -0.461 e. The van der Waals surface area contributed by atoms with Crippen LogP contribution in [0.1, 0.15) is 43.0 Å². The second-order valence-corrected chi connectivity index (χ2v) is 5.67. The number of rotatable bonds is 5. The van der Waals surface area contributed by atoms with Gasteiger partial charge in [-0.1, -0.05) is 12.8 Å². The van der Waals surface area contributed by atoms with E-state index in [2.05, 4.69) is 11.8 Å². The molecule has 1 aliphatic rings. The second kappa shape index (κ2) is 7.89. The van der Waals surface area contributed by atoms with Crippen molar-refractivity contribution in [1.82, 2.24) is 4.90 Å². The molecule has 1 aromatic carbocycles. The van der Waals surface area contributed by atoms with Gasteiger partial charge in [-0.05, 0) is 38.4 Å². The predicted octanol–water partition coefficient (Wildman–Crippen LogP) is 3.02. The maximum Gasteiger partial charge on any atom is 0.338 e. The number of hydrogen-bond donors (Lipinski definition) is 0. The van der Waals surface area contributed by atoms with E-state index in [4.69, 9.17) is 4.74 Å². The third-order valence-corrected chi connectivity index (χ3v) is 4.12. The molecule has 0 amide bonds. The zero-order valence-electron chi connectivity index (χ0n) is 12.9. The molecule has 1 saturated heterocycles. The fourth-order valence-electron chi connectivity index (χ4n) is 2.72. The molecule has 1 heterocycles. The molecule has 0 aromatic heterocycles. The average Bonchev–Trinajstić information content (AvgIpc) is 2.72. The molecule has 22 heavy (non-hydrogen) atoms. The molecule has 0 bridgehead atoms. The van der Waals surface area contributed by atoms with Gasteiger partial charge in [0.05, 0.1) is 10.5 Å². The minimum absolute atomic E-state index is 0.0325. The fourth-order valence-corrected chi connectivity index (χ4v) is 2.72. The molecule has 0 aliphatic carbocycles. The molecule has 1 aromatic rings. The van der Waals surface area contributed by atoms with Gasteiger partial charge >= 0.3 is 5.97 Å². The number of non-ortho nitro benzene ring substituents is 1. The number of hydrogen-bond acceptors (Lipinski definition) is 5. The Bertz CT molecular complexity index is 515. The van der Waals surface area contributed by atoms with Gasteiger partial charge in [-0.2, -0.15) is 0 Å². The van der Waals surface area contributed by atoms with Crippen molar-refractivity contribution in [3.05, 3.63) is 39.9 Å². The van der Waals surface area contributed by atoms with Crippen LogP contribution < -0.4 is 0 Å². The molecule has 1 aliphatic heterocycles. The summed E-state index contributed by atoms with van der Waals surface area (Å²) in [5, 5.41) is 10.6. The lowest BCUT2D eigenvalue weighted by Crippen LogP contribution is -2.35. The normalized spacial score (nSPS) is 19.4. The number of nitrogens with zero attached hydrogens (tertiary/aromatic N) is 2. The van der Waals surface area contributed by atoms with Crippen molar-refractivity contribution >= 4 is 11.7 Å². The van der Waals surface area contributed by atoms with E-state index in [-0.39, 0.29) is 5.69 Å². The Kier molecular flexibility index (Phi) is 5.89. The number of carbonyl (C=O) groups excluding carboxylic acids is 1. The fraction of sp³-hybridized carbons (Fsp3) is 0.562. The number of nitro benzene ring substituents is 1. The number of carbonyl (C=O) groups is 1. The summed E-state index contributed by atoms with van der Waals surface area (Å²) in [4.78, 5) is 24.3.